The molecule has 0 aliphatic carbocycles. The highest BCUT2D eigenvalue weighted by atomic mass is 32.1. The van der Waals surface area contributed by atoms with E-state index in [0.29, 0.717) is 26.3 Å². The molecule has 34 heavy (non-hydrogen) atoms. The van der Waals surface area contributed by atoms with Crippen LogP contribution in [-0.4, -0.2) is 17.6 Å². The molecule has 1 aliphatic rings. The van der Waals surface area contributed by atoms with E-state index in [9.17, 15) is 9.59 Å². The van der Waals surface area contributed by atoms with Crippen molar-refractivity contribution in [2.45, 2.75) is 13.0 Å². The summed E-state index contributed by atoms with van der Waals surface area (Å²) in [6.45, 7) is 1.82. The van der Waals surface area contributed by atoms with E-state index in [1.165, 1.54) is 22.7 Å². The molecule has 1 amide bonds. The van der Waals surface area contributed by atoms with Gasteiger partial charge in [0.2, 0.25) is 0 Å². The standard InChI is InChI=1S/C26H21N3O3S2/c1-16-22(24(30)28-18-7-4-3-5-8-18)23(20-9-6-14-33-20)29-25(31)21(34-26(29)27-16)15-17-10-12-19(32-2)13-11-17/h3-15,23H,1-2H3,(H,28,30)/b21-15+/t23-/m1/s1. The number of ether oxygens (including phenoxy) is 1. The van der Waals surface area contributed by atoms with Crippen LogP contribution in [0.2, 0.25) is 0 Å². The van der Waals surface area contributed by atoms with Crippen molar-refractivity contribution in [3.05, 3.63) is 114 Å². The van der Waals surface area contributed by atoms with Crippen molar-refractivity contribution >= 4 is 40.3 Å². The minimum absolute atomic E-state index is 0.171. The molecular formula is C26H21N3O3S2. The summed E-state index contributed by atoms with van der Waals surface area (Å²) < 4.78 is 7.42. The van der Waals surface area contributed by atoms with Crippen LogP contribution in [0.4, 0.5) is 5.69 Å². The van der Waals surface area contributed by atoms with E-state index in [2.05, 4.69) is 10.3 Å². The van der Waals surface area contributed by atoms with Gasteiger partial charge in [0.15, 0.2) is 4.80 Å². The smallest absolute Gasteiger partial charge is 0.271 e. The van der Waals surface area contributed by atoms with Gasteiger partial charge in [-0.25, -0.2) is 4.99 Å². The van der Waals surface area contributed by atoms with E-state index >= 15 is 0 Å². The maximum Gasteiger partial charge on any atom is 0.271 e. The first-order valence-corrected chi connectivity index (χ1v) is 12.3. The molecule has 2 aromatic carbocycles. The van der Waals surface area contributed by atoms with E-state index < -0.39 is 6.04 Å². The zero-order chi connectivity index (χ0) is 23.7. The average molecular weight is 488 g/mol. The van der Waals surface area contributed by atoms with Crippen molar-refractivity contribution < 1.29 is 9.53 Å². The molecule has 2 aromatic heterocycles. The third-order valence-electron chi connectivity index (χ3n) is 5.52. The molecule has 0 unspecified atom stereocenters. The number of thiazole rings is 1. The summed E-state index contributed by atoms with van der Waals surface area (Å²) in [6.07, 6.45) is 1.85. The fraction of sp³-hybridized carbons (Fsp3) is 0.115. The van der Waals surface area contributed by atoms with Gasteiger partial charge in [0, 0.05) is 10.6 Å². The van der Waals surface area contributed by atoms with Crippen molar-refractivity contribution in [2.75, 3.05) is 12.4 Å². The van der Waals surface area contributed by atoms with Crippen LogP contribution in [0.5, 0.6) is 5.75 Å². The summed E-state index contributed by atoms with van der Waals surface area (Å²) in [7, 11) is 1.62. The molecule has 8 heteroatoms. The summed E-state index contributed by atoms with van der Waals surface area (Å²) in [5, 5.41) is 4.91. The zero-order valence-corrected chi connectivity index (χ0v) is 20.2. The maximum atomic E-state index is 13.6. The van der Waals surface area contributed by atoms with Crippen LogP contribution in [-0.2, 0) is 4.79 Å². The number of allylic oxidation sites excluding steroid dienone is 1. The molecule has 170 valence electrons. The average Bonchev–Trinajstić information content (AvgIpc) is 3.48. The van der Waals surface area contributed by atoms with Crippen LogP contribution < -0.4 is 24.9 Å². The Morgan fingerprint density at radius 3 is 2.53 bits per heavy atom. The number of anilines is 1. The van der Waals surface area contributed by atoms with Crippen LogP contribution >= 0.6 is 22.7 Å². The van der Waals surface area contributed by atoms with Crippen LogP contribution in [0, 0.1) is 0 Å². The molecule has 1 atom stereocenters. The predicted octanol–water partition coefficient (Wildman–Crippen LogP) is 3.94. The van der Waals surface area contributed by atoms with Gasteiger partial charge in [0.05, 0.1) is 22.9 Å². The number of hydrogen-bond acceptors (Lipinski definition) is 6. The Kier molecular flexibility index (Phi) is 6.00. The highest BCUT2D eigenvalue weighted by Gasteiger charge is 2.33. The summed E-state index contributed by atoms with van der Waals surface area (Å²) in [6, 6.07) is 20.1. The predicted molar refractivity (Wildman–Crippen MR) is 136 cm³/mol. The SMILES string of the molecule is COc1ccc(/C=c2/sc3n(c2=O)[C@H](c2cccs2)C(C(=O)Nc2ccccc2)=C(C)N=3)cc1. The summed E-state index contributed by atoms with van der Waals surface area (Å²) >= 11 is 2.84. The van der Waals surface area contributed by atoms with Crippen LogP contribution in [0.25, 0.3) is 6.08 Å². The first kappa shape index (κ1) is 22.1. The number of nitrogens with one attached hydrogen (secondary N) is 1. The number of benzene rings is 2. The number of fused-ring (bicyclic) bond motifs is 1. The van der Waals surface area contributed by atoms with Gasteiger partial charge < -0.3 is 10.1 Å². The van der Waals surface area contributed by atoms with Gasteiger partial charge >= 0.3 is 0 Å². The molecular weight excluding hydrogens is 466 g/mol. The molecule has 0 fully saturated rings. The summed E-state index contributed by atoms with van der Waals surface area (Å²) in [5.41, 5.74) is 2.47. The second-order valence-corrected chi connectivity index (χ2v) is 9.68. The van der Waals surface area contributed by atoms with E-state index in [1.54, 1.807) is 11.7 Å². The number of methoxy groups -OCH3 is 1. The molecule has 0 saturated heterocycles. The molecule has 1 aliphatic heterocycles. The number of nitrogens with zero attached hydrogens (tertiary/aromatic N) is 2. The van der Waals surface area contributed by atoms with E-state index in [4.69, 9.17) is 4.74 Å². The maximum absolute atomic E-state index is 13.6. The monoisotopic (exact) mass is 487 g/mol. The summed E-state index contributed by atoms with van der Waals surface area (Å²) in [4.78, 5) is 33.1. The Morgan fingerprint density at radius 1 is 1.09 bits per heavy atom. The van der Waals surface area contributed by atoms with E-state index in [1.807, 2.05) is 85.1 Å². The number of carbonyl (C=O) groups excluding carboxylic acids is 1. The molecule has 0 radical (unpaired) electrons. The third-order valence-corrected chi connectivity index (χ3v) is 7.43. The summed E-state index contributed by atoms with van der Waals surface area (Å²) in [5.74, 6) is 0.483. The molecule has 6 nitrogen and oxygen atoms in total. The van der Waals surface area contributed by atoms with Crippen LogP contribution in [0.15, 0.2) is 93.2 Å². The van der Waals surface area contributed by atoms with Gasteiger partial charge in [-0.05, 0) is 54.3 Å². The van der Waals surface area contributed by atoms with Crippen molar-refractivity contribution in [3.8, 4) is 5.75 Å². The third kappa shape index (κ3) is 4.13. The highest BCUT2D eigenvalue weighted by molar-refractivity contribution is 7.10. The Morgan fingerprint density at radius 2 is 1.85 bits per heavy atom. The lowest BCUT2D eigenvalue weighted by atomic mass is 10.0. The number of thiophene rings is 1. The minimum atomic E-state index is -0.544. The number of hydrogen-bond donors (Lipinski definition) is 1. The Hall–Kier alpha value is -3.75. The quantitative estimate of drug-likeness (QED) is 0.463. The lowest BCUT2D eigenvalue weighted by molar-refractivity contribution is -0.113. The number of rotatable bonds is 5. The fourth-order valence-corrected chi connectivity index (χ4v) is 5.77. The number of aromatic nitrogens is 1. The fourth-order valence-electron chi connectivity index (χ4n) is 3.90. The van der Waals surface area contributed by atoms with E-state index in [-0.39, 0.29) is 11.5 Å². The lowest BCUT2D eigenvalue weighted by Crippen LogP contribution is -2.40. The number of amides is 1. The molecule has 1 N–H and O–H groups in total. The Balaban J connectivity index is 1.62. The Bertz CT molecular complexity index is 1550. The highest BCUT2D eigenvalue weighted by Crippen LogP contribution is 2.33. The molecule has 4 aromatic rings. The normalized spacial score (nSPS) is 15.6. The number of para-hydroxylation sites is 1. The van der Waals surface area contributed by atoms with Gasteiger partial charge in [0.25, 0.3) is 11.5 Å². The van der Waals surface area contributed by atoms with E-state index in [0.717, 1.165) is 16.2 Å². The van der Waals surface area contributed by atoms with Crippen molar-refractivity contribution in [2.24, 2.45) is 4.99 Å². The zero-order valence-electron chi connectivity index (χ0n) is 18.5. The van der Waals surface area contributed by atoms with Crippen molar-refractivity contribution in [3.63, 3.8) is 0 Å². The number of carbonyl (C=O) groups is 1. The molecule has 5 rings (SSSR count). The van der Waals surface area contributed by atoms with Gasteiger partial charge in [0.1, 0.15) is 11.8 Å². The first-order valence-electron chi connectivity index (χ1n) is 10.6. The van der Waals surface area contributed by atoms with Crippen LogP contribution in [0.1, 0.15) is 23.4 Å². The first-order chi connectivity index (χ1) is 16.5. The van der Waals surface area contributed by atoms with Crippen molar-refractivity contribution in [1.82, 2.24) is 4.57 Å². The molecule has 0 saturated carbocycles. The minimum Gasteiger partial charge on any atom is -0.497 e. The van der Waals surface area contributed by atoms with Gasteiger partial charge in [-0.2, -0.15) is 0 Å². The Labute approximate surface area is 203 Å². The molecule has 3 heterocycles. The van der Waals surface area contributed by atoms with Gasteiger partial charge in [-0.1, -0.05) is 47.7 Å². The van der Waals surface area contributed by atoms with Gasteiger partial charge in [-0.3, -0.25) is 14.2 Å². The molecule has 0 spiro atoms. The second kappa shape index (κ2) is 9.24. The molecule has 0 bridgehead atoms. The van der Waals surface area contributed by atoms with Crippen LogP contribution in [0.3, 0.4) is 0 Å². The topological polar surface area (TPSA) is 72.7 Å². The van der Waals surface area contributed by atoms with Gasteiger partial charge in [-0.15, -0.1) is 11.3 Å². The second-order valence-electron chi connectivity index (χ2n) is 7.69. The largest absolute Gasteiger partial charge is 0.497 e. The van der Waals surface area contributed by atoms with Crippen molar-refractivity contribution in [1.29, 1.82) is 0 Å². The lowest BCUT2D eigenvalue weighted by Gasteiger charge is -2.24.